The summed E-state index contributed by atoms with van der Waals surface area (Å²) < 4.78 is 0. The molecular weight excluding hydrogens is 439 g/mol. The SMILES string of the molecule is CCCCNC(=O)c1ccc(CN=C(NCC)NC2CCCC2)cc1.I. The van der Waals surface area contributed by atoms with Crippen molar-refractivity contribution in [2.75, 3.05) is 13.1 Å². The average molecular weight is 472 g/mol. The molecule has 0 heterocycles. The second-order valence-electron chi connectivity index (χ2n) is 6.63. The Labute approximate surface area is 174 Å². The van der Waals surface area contributed by atoms with Gasteiger partial charge in [-0.1, -0.05) is 38.3 Å². The molecule has 6 heteroatoms. The highest BCUT2D eigenvalue weighted by molar-refractivity contribution is 14.0. The number of nitrogens with one attached hydrogen (secondary N) is 3. The molecule has 1 aliphatic carbocycles. The van der Waals surface area contributed by atoms with Gasteiger partial charge in [0.05, 0.1) is 6.54 Å². The molecule has 1 aliphatic rings. The van der Waals surface area contributed by atoms with E-state index in [1.807, 2.05) is 24.3 Å². The number of hydrogen-bond donors (Lipinski definition) is 3. The molecule has 26 heavy (non-hydrogen) atoms. The molecule has 3 N–H and O–H groups in total. The topological polar surface area (TPSA) is 65.5 Å². The Bertz CT molecular complexity index is 553. The first kappa shape index (κ1) is 22.7. The largest absolute Gasteiger partial charge is 0.357 e. The van der Waals surface area contributed by atoms with Gasteiger partial charge in [-0.15, -0.1) is 24.0 Å². The van der Waals surface area contributed by atoms with Crippen molar-refractivity contribution in [3.63, 3.8) is 0 Å². The zero-order valence-electron chi connectivity index (χ0n) is 16.0. The van der Waals surface area contributed by atoms with Crippen LogP contribution in [0.5, 0.6) is 0 Å². The number of hydrogen-bond acceptors (Lipinski definition) is 2. The van der Waals surface area contributed by atoms with E-state index in [1.54, 1.807) is 0 Å². The Morgan fingerprint density at radius 1 is 1.12 bits per heavy atom. The summed E-state index contributed by atoms with van der Waals surface area (Å²) in [5, 5.41) is 9.77. The first-order valence-electron chi connectivity index (χ1n) is 9.65. The van der Waals surface area contributed by atoms with E-state index < -0.39 is 0 Å². The van der Waals surface area contributed by atoms with Gasteiger partial charge in [-0.2, -0.15) is 0 Å². The van der Waals surface area contributed by atoms with Crippen LogP contribution in [0.2, 0.25) is 0 Å². The summed E-state index contributed by atoms with van der Waals surface area (Å²) in [6, 6.07) is 8.27. The first-order chi connectivity index (χ1) is 12.2. The maximum Gasteiger partial charge on any atom is 0.251 e. The monoisotopic (exact) mass is 472 g/mol. The van der Waals surface area contributed by atoms with Crippen LogP contribution in [0, 0.1) is 0 Å². The summed E-state index contributed by atoms with van der Waals surface area (Å²) in [7, 11) is 0. The van der Waals surface area contributed by atoms with Crippen molar-refractivity contribution in [1.29, 1.82) is 0 Å². The van der Waals surface area contributed by atoms with E-state index in [-0.39, 0.29) is 29.9 Å². The van der Waals surface area contributed by atoms with Crippen LogP contribution in [0.4, 0.5) is 0 Å². The Morgan fingerprint density at radius 2 is 1.81 bits per heavy atom. The molecule has 0 aromatic heterocycles. The number of halogens is 1. The predicted octanol–water partition coefficient (Wildman–Crippen LogP) is 3.83. The fourth-order valence-corrected chi connectivity index (χ4v) is 3.00. The fraction of sp³-hybridized carbons (Fsp3) is 0.600. The van der Waals surface area contributed by atoms with Crippen molar-refractivity contribution in [2.45, 2.75) is 65.0 Å². The summed E-state index contributed by atoms with van der Waals surface area (Å²) >= 11 is 0. The molecule has 1 saturated carbocycles. The van der Waals surface area contributed by atoms with Gasteiger partial charge in [0.1, 0.15) is 0 Å². The Hall–Kier alpha value is -1.31. The van der Waals surface area contributed by atoms with Crippen LogP contribution >= 0.6 is 24.0 Å². The van der Waals surface area contributed by atoms with Crippen molar-refractivity contribution in [3.8, 4) is 0 Å². The van der Waals surface area contributed by atoms with E-state index in [0.29, 0.717) is 18.2 Å². The third kappa shape index (κ3) is 7.93. The van der Waals surface area contributed by atoms with Gasteiger partial charge in [0.25, 0.3) is 5.91 Å². The average Bonchev–Trinajstić information content (AvgIpc) is 3.13. The van der Waals surface area contributed by atoms with Gasteiger partial charge >= 0.3 is 0 Å². The summed E-state index contributed by atoms with van der Waals surface area (Å²) in [6.07, 6.45) is 7.16. The fourth-order valence-electron chi connectivity index (χ4n) is 3.00. The zero-order chi connectivity index (χ0) is 17.9. The van der Waals surface area contributed by atoms with E-state index in [4.69, 9.17) is 0 Å². The number of amides is 1. The van der Waals surface area contributed by atoms with Gasteiger partial charge in [0, 0.05) is 24.7 Å². The third-order valence-electron chi connectivity index (χ3n) is 4.49. The minimum atomic E-state index is -0.000241. The maximum absolute atomic E-state index is 12.0. The molecule has 0 bridgehead atoms. The van der Waals surface area contributed by atoms with Crippen LogP contribution in [-0.4, -0.2) is 31.0 Å². The van der Waals surface area contributed by atoms with E-state index in [2.05, 4.69) is 34.8 Å². The normalized spacial score (nSPS) is 14.6. The molecule has 1 fully saturated rings. The lowest BCUT2D eigenvalue weighted by molar-refractivity contribution is 0.0953. The second-order valence-corrected chi connectivity index (χ2v) is 6.63. The van der Waals surface area contributed by atoms with Crippen LogP contribution in [0.15, 0.2) is 29.3 Å². The van der Waals surface area contributed by atoms with Gasteiger partial charge in [0.2, 0.25) is 0 Å². The number of guanidine groups is 1. The summed E-state index contributed by atoms with van der Waals surface area (Å²) in [4.78, 5) is 16.7. The molecule has 0 radical (unpaired) electrons. The lowest BCUT2D eigenvalue weighted by Crippen LogP contribution is -2.42. The molecule has 0 unspecified atom stereocenters. The molecule has 2 rings (SSSR count). The maximum atomic E-state index is 12.0. The molecule has 0 spiro atoms. The first-order valence-corrected chi connectivity index (χ1v) is 9.65. The van der Waals surface area contributed by atoms with Crippen LogP contribution in [0.3, 0.4) is 0 Å². The van der Waals surface area contributed by atoms with Crippen molar-refractivity contribution in [3.05, 3.63) is 35.4 Å². The summed E-state index contributed by atoms with van der Waals surface area (Å²) in [5.41, 5.74) is 1.81. The van der Waals surface area contributed by atoms with Crippen LogP contribution in [0.25, 0.3) is 0 Å². The van der Waals surface area contributed by atoms with E-state index in [1.165, 1.54) is 25.7 Å². The van der Waals surface area contributed by atoms with Gasteiger partial charge < -0.3 is 16.0 Å². The molecule has 0 atom stereocenters. The molecule has 0 saturated heterocycles. The lowest BCUT2D eigenvalue weighted by atomic mass is 10.1. The standard InChI is InChI=1S/C20H32N4O.HI/c1-3-5-14-22-19(25)17-12-10-16(11-13-17)15-23-20(21-4-2)24-18-8-6-7-9-18;/h10-13,18H,3-9,14-15H2,1-2H3,(H,22,25)(H2,21,23,24);1H. The predicted molar refractivity (Wildman–Crippen MR) is 119 cm³/mol. The Kier molecular flexibility index (Phi) is 11.3. The second kappa shape index (κ2) is 12.9. The van der Waals surface area contributed by atoms with Crippen molar-refractivity contribution in [2.24, 2.45) is 4.99 Å². The van der Waals surface area contributed by atoms with Crippen LogP contribution in [-0.2, 0) is 6.54 Å². The molecule has 1 aromatic carbocycles. The molecule has 1 aromatic rings. The highest BCUT2D eigenvalue weighted by Crippen LogP contribution is 2.17. The number of aliphatic imine (C=N–C) groups is 1. The molecule has 146 valence electrons. The zero-order valence-corrected chi connectivity index (χ0v) is 18.3. The molecule has 0 aliphatic heterocycles. The van der Waals surface area contributed by atoms with E-state index in [0.717, 1.165) is 37.5 Å². The third-order valence-corrected chi connectivity index (χ3v) is 4.49. The van der Waals surface area contributed by atoms with Crippen LogP contribution < -0.4 is 16.0 Å². The minimum absolute atomic E-state index is 0. The summed E-state index contributed by atoms with van der Waals surface area (Å²) in [6.45, 7) is 6.40. The molecular formula is C20H33IN4O. The van der Waals surface area contributed by atoms with Crippen molar-refractivity contribution in [1.82, 2.24) is 16.0 Å². The number of benzene rings is 1. The quantitative estimate of drug-likeness (QED) is 0.233. The molecule has 5 nitrogen and oxygen atoms in total. The van der Waals surface area contributed by atoms with Crippen molar-refractivity contribution < 1.29 is 4.79 Å². The van der Waals surface area contributed by atoms with Gasteiger partial charge in [-0.3, -0.25) is 4.79 Å². The van der Waals surface area contributed by atoms with Gasteiger partial charge in [0.15, 0.2) is 5.96 Å². The number of nitrogens with zero attached hydrogens (tertiary/aromatic N) is 1. The highest BCUT2D eigenvalue weighted by atomic mass is 127. The Balaban J connectivity index is 0.00000338. The van der Waals surface area contributed by atoms with Crippen molar-refractivity contribution >= 4 is 35.8 Å². The minimum Gasteiger partial charge on any atom is -0.357 e. The number of unbranched alkanes of at least 4 members (excludes halogenated alkanes) is 1. The smallest absolute Gasteiger partial charge is 0.251 e. The number of carbonyl (C=O) groups is 1. The van der Waals surface area contributed by atoms with Crippen LogP contribution in [0.1, 0.15) is 68.3 Å². The summed E-state index contributed by atoms with van der Waals surface area (Å²) in [5.74, 6) is 0.885. The van der Waals surface area contributed by atoms with Gasteiger partial charge in [-0.25, -0.2) is 4.99 Å². The highest BCUT2D eigenvalue weighted by Gasteiger charge is 2.15. The number of carbonyl (C=O) groups excluding carboxylic acids is 1. The molecule has 1 amide bonds. The van der Waals surface area contributed by atoms with Gasteiger partial charge in [-0.05, 0) is 43.9 Å². The Morgan fingerprint density at radius 3 is 2.42 bits per heavy atom. The number of rotatable bonds is 8. The van der Waals surface area contributed by atoms with E-state index in [9.17, 15) is 4.79 Å². The van der Waals surface area contributed by atoms with E-state index >= 15 is 0 Å². The lowest BCUT2D eigenvalue weighted by Gasteiger charge is -2.16.